The molecule has 3 rings (SSSR count). The first-order valence-electron chi connectivity index (χ1n) is 9.61. The van der Waals surface area contributed by atoms with Crippen molar-refractivity contribution < 1.29 is 22.7 Å². The molecule has 7 nitrogen and oxygen atoms in total. The molecule has 3 aromatic carbocycles. The number of hydrogen-bond acceptors (Lipinski definition) is 5. The molecule has 0 saturated carbocycles. The zero-order valence-corrected chi connectivity index (χ0v) is 18.1. The maximum Gasteiger partial charge on any atom is 0.262 e. The van der Waals surface area contributed by atoms with E-state index >= 15 is 0 Å². The van der Waals surface area contributed by atoms with Crippen LogP contribution in [-0.2, 0) is 14.8 Å². The van der Waals surface area contributed by atoms with Gasteiger partial charge in [0, 0.05) is 17.8 Å². The normalized spacial score (nSPS) is 12.1. The molecular weight excluding hydrogens is 416 g/mol. The van der Waals surface area contributed by atoms with Crippen molar-refractivity contribution in [2.45, 2.75) is 17.9 Å². The molecule has 0 fully saturated rings. The SMILES string of the molecule is COc1cccc(NC(=O)COc2ccc(S(=O)(=O)N[C@H](C)c3ccccc3)cc2)c1. The van der Waals surface area contributed by atoms with E-state index in [-0.39, 0.29) is 23.5 Å². The first-order valence-corrected chi connectivity index (χ1v) is 11.1. The van der Waals surface area contributed by atoms with E-state index in [1.54, 1.807) is 38.3 Å². The number of anilines is 1. The molecule has 0 radical (unpaired) electrons. The van der Waals surface area contributed by atoms with E-state index in [4.69, 9.17) is 9.47 Å². The van der Waals surface area contributed by atoms with Crippen molar-refractivity contribution in [2.24, 2.45) is 0 Å². The summed E-state index contributed by atoms with van der Waals surface area (Å²) in [7, 11) is -2.15. The highest BCUT2D eigenvalue weighted by Gasteiger charge is 2.18. The van der Waals surface area contributed by atoms with Crippen LogP contribution in [0.3, 0.4) is 0 Å². The van der Waals surface area contributed by atoms with Gasteiger partial charge in [0.05, 0.1) is 12.0 Å². The van der Waals surface area contributed by atoms with Crippen LogP contribution in [0.15, 0.2) is 83.8 Å². The van der Waals surface area contributed by atoms with Gasteiger partial charge in [0.2, 0.25) is 10.0 Å². The van der Waals surface area contributed by atoms with Gasteiger partial charge in [-0.2, -0.15) is 0 Å². The van der Waals surface area contributed by atoms with Gasteiger partial charge in [0.15, 0.2) is 6.61 Å². The Balaban J connectivity index is 1.56. The van der Waals surface area contributed by atoms with E-state index in [0.717, 1.165) is 5.56 Å². The average Bonchev–Trinajstić information content (AvgIpc) is 2.78. The third kappa shape index (κ3) is 6.31. The summed E-state index contributed by atoms with van der Waals surface area (Å²) in [5.41, 5.74) is 1.46. The summed E-state index contributed by atoms with van der Waals surface area (Å²) < 4.78 is 38.5. The molecule has 162 valence electrons. The number of sulfonamides is 1. The van der Waals surface area contributed by atoms with Crippen molar-refractivity contribution in [1.29, 1.82) is 0 Å². The summed E-state index contributed by atoms with van der Waals surface area (Å²) in [6.45, 7) is 1.57. The largest absolute Gasteiger partial charge is 0.497 e. The molecule has 0 saturated heterocycles. The summed E-state index contributed by atoms with van der Waals surface area (Å²) >= 11 is 0. The molecule has 0 aliphatic heterocycles. The van der Waals surface area contributed by atoms with Crippen molar-refractivity contribution in [3.8, 4) is 11.5 Å². The minimum Gasteiger partial charge on any atom is -0.497 e. The molecular formula is C23H24N2O5S. The topological polar surface area (TPSA) is 93.7 Å². The standard InChI is InChI=1S/C23H24N2O5S/c1-17(18-7-4-3-5-8-18)25-31(27,28)22-13-11-20(12-14-22)30-16-23(26)24-19-9-6-10-21(15-19)29-2/h3-15,17,25H,16H2,1-2H3,(H,24,26)/t17-/m1/s1. The number of methoxy groups -OCH3 is 1. The predicted molar refractivity (Wildman–Crippen MR) is 119 cm³/mol. The minimum absolute atomic E-state index is 0.114. The fourth-order valence-electron chi connectivity index (χ4n) is 2.87. The Kier molecular flexibility index (Phi) is 7.28. The van der Waals surface area contributed by atoms with Gasteiger partial charge in [-0.1, -0.05) is 36.4 Å². The molecule has 0 unspecified atom stereocenters. The van der Waals surface area contributed by atoms with Crippen LogP contribution in [0.25, 0.3) is 0 Å². The van der Waals surface area contributed by atoms with Crippen LogP contribution >= 0.6 is 0 Å². The van der Waals surface area contributed by atoms with Crippen molar-refractivity contribution in [3.63, 3.8) is 0 Å². The van der Waals surface area contributed by atoms with Crippen molar-refractivity contribution >= 4 is 21.6 Å². The Bertz CT molecular complexity index is 1120. The van der Waals surface area contributed by atoms with Crippen LogP contribution in [0.2, 0.25) is 0 Å². The monoisotopic (exact) mass is 440 g/mol. The van der Waals surface area contributed by atoms with E-state index < -0.39 is 10.0 Å². The Morgan fingerprint density at radius 3 is 2.32 bits per heavy atom. The van der Waals surface area contributed by atoms with Gasteiger partial charge in [-0.05, 0) is 48.9 Å². The zero-order valence-electron chi connectivity index (χ0n) is 17.2. The molecule has 0 spiro atoms. The van der Waals surface area contributed by atoms with Crippen LogP contribution in [0.1, 0.15) is 18.5 Å². The third-order valence-corrected chi connectivity index (χ3v) is 6.05. The van der Waals surface area contributed by atoms with E-state index in [1.807, 2.05) is 30.3 Å². The molecule has 0 aromatic heterocycles. The van der Waals surface area contributed by atoms with Gasteiger partial charge in [-0.3, -0.25) is 4.79 Å². The fourth-order valence-corrected chi connectivity index (χ4v) is 4.10. The smallest absolute Gasteiger partial charge is 0.262 e. The van der Waals surface area contributed by atoms with Gasteiger partial charge >= 0.3 is 0 Å². The molecule has 0 aliphatic rings. The third-order valence-electron chi connectivity index (χ3n) is 4.49. The number of nitrogens with one attached hydrogen (secondary N) is 2. The lowest BCUT2D eigenvalue weighted by Crippen LogP contribution is -2.26. The van der Waals surface area contributed by atoms with Crippen LogP contribution < -0.4 is 19.5 Å². The van der Waals surface area contributed by atoms with E-state index in [1.165, 1.54) is 24.3 Å². The number of hydrogen-bond donors (Lipinski definition) is 2. The maximum atomic E-state index is 12.6. The van der Waals surface area contributed by atoms with E-state index in [9.17, 15) is 13.2 Å². The van der Waals surface area contributed by atoms with Crippen molar-refractivity contribution in [1.82, 2.24) is 4.72 Å². The highest BCUT2D eigenvalue weighted by Crippen LogP contribution is 2.20. The Morgan fingerprint density at radius 1 is 0.935 bits per heavy atom. The van der Waals surface area contributed by atoms with Crippen LogP contribution in [-0.4, -0.2) is 28.0 Å². The molecule has 3 aromatic rings. The molecule has 0 bridgehead atoms. The Hall–Kier alpha value is -3.36. The van der Waals surface area contributed by atoms with Gasteiger partial charge in [0.25, 0.3) is 5.91 Å². The summed E-state index contributed by atoms with van der Waals surface area (Å²) in [6, 6.07) is 21.8. The molecule has 1 amide bonds. The highest BCUT2D eigenvalue weighted by atomic mass is 32.2. The molecule has 31 heavy (non-hydrogen) atoms. The second kappa shape index (κ2) is 10.1. The summed E-state index contributed by atoms with van der Waals surface area (Å²) in [4.78, 5) is 12.2. The maximum absolute atomic E-state index is 12.6. The molecule has 8 heteroatoms. The number of ether oxygens (including phenoxy) is 2. The van der Waals surface area contributed by atoms with E-state index in [0.29, 0.717) is 17.2 Å². The second-order valence-electron chi connectivity index (χ2n) is 6.79. The lowest BCUT2D eigenvalue weighted by molar-refractivity contribution is -0.118. The summed E-state index contributed by atoms with van der Waals surface area (Å²) in [5.74, 6) is 0.671. The van der Waals surface area contributed by atoms with Gasteiger partial charge in [0.1, 0.15) is 11.5 Å². The van der Waals surface area contributed by atoms with Crippen molar-refractivity contribution in [2.75, 3.05) is 19.0 Å². The molecule has 1 atom stereocenters. The number of carbonyl (C=O) groups is 1. The van der Waals surface area contributed by atoms with Gasteiger partial charge in [-0.25, -0.2) is 13.1 Å². The summed E-state index contributed by atoms with van der Waals surface area (Å²) in [6.07, 6.45) is 0. The van der Waals surface area contributed by atoms with Gasteiger partial charge in [-0.15, -0.1) is 0 Å². The fraction of sp³-hybridized carbons (Fsp3) is 0.174. The lowest BCUT2D eigenvalue weighted by Gasteiger charge is -2.15. The molecule has 0 aliphatic carbocycles. The van der Waals surface area contributed by atoms with Crippen LogP contribution in [0.4, 0.5) is 5.69 Å². The first-order chi connectivity index (χ1) is 14.9. The van der Waals surface area contributed by atoms with Crippen LogP contribution in [0.5, 0.6) is 11.5 Å². The molecule has 2 N–H and O–H groups in total. The Labute approximate surface area is 182 Å². The number of amides is 1. The average molecular weight is 441 g/mol. The lowest BCUT2D eigenvalue weighted by atomic mass is 10.1. The minimum atomic E-state index is -3.70. The van der Waals surface area contributed by atoms with Gasteiger partial charge < -0.3 is 14.8 Å². The van der Waals surface area contributed by atoms with Crippen molar-refractivity contribution in [3.05, 3.63) is 84.4 Å². The summed E-state index contributed by atoms with van der Waals surface area (Å²) in [5, 5.41) is 2.71. The number of benzene rings is 3. The highest BCUT2D eigenvalue weighted by molar-refractivity contribution is 7.89. The number of rotatable bonds is 9. The quantitative estimate of drug-likeness (QED) is 0.529. The van der Waals surface area contributed by atoms with Crippen LogP contribution in [0, 0.1) is 0 Å². The first kappa shape index (κ1) is 22.3. The number of carbonyl (C=O) groups excluding carboxylic acids is 1. The zero-order chi connectivity index (χ0) is 22.3. The Morgan fingerprint density at radius 2 is 1.65 bits per heavy atom. The second-order valence-corrected chi connectivity index (χ2v) is 8.51. The van der Waals surface area contributed by atoms with E-state index in [2.05, 4.69) is 10.0 Å². The predicted octanol–water partition coefficient (Wildman–Crippen LogP) is 3.75. The molecule has 0 heterocycles.